The average Bonchev–Trinajstić information content (AvgIpc) is 1.67. The van der Waals surface area contributed by atoms with Crippen LogP contribution in [-0.2, 0) is 0 Å². The van der Waals surface area contributed by atoms with Crippen molar-refractivity contribution in [3.63, 3.8) is 0 Å². The van der Waals surface area contributed by atoms with Gasteiger partial charge in [-0.3, -0.25) is 0 Å². The zero-order valence-electron chi connectivity index (χ0n) is 5.12. The van der Waals surface area contributed by atoms with E-state index in [9.17, 15) is 8.78 Å². The van der Waals surface area contributed by atoms with Gasteiger partial charge in [0.15, 0.2) is 0 Å². The third-order valence-corrected chi connectivity index (χ3v) is 0.956. The van der Waals surface area contributed by atoms with Gasteiger partial charge in [-0.2, -0.15) is 0 Å². The summed E-state index contributed by atoms with van der Waals surface area (Å²) in [7, 11) is 1.67. The van der Waals surface area contributed by atoms with E-state index in [1.807, 2.05) is 0 Å². The van der Waals surface area contributed by atoms with E-state index in [-0.39, 0.29) is 0 Å². The van der Waals surface area contributed by atoms with E-state index in [2.05, 4.69) is 5.32 Å². The lowest BCUT2D eigenvalue weighted by Crippen LogP contribution is -2.21. The van der Waals surface area contributed by atoms with Gasteiger partial charge in [-0.15, -0.1) is 0 Å². The second kappa shape index (κ2) is 3.78. The molecule has 1 atom stereocenters. The van der Waals surface area contributed by atoms with E-state index in [0.717, 1.165) is 0 Å². The highest BCUT2D eigenvalue weighted by atomic mass is 19.3. The fourth-order valence-corrected chi connectivity index (χ4v) is 0.411. The van der Waals surface area contributed by atoms with E-state index in [1.54, 1.807) is 7.05 Å². The maximum absolute atomic E-state index is 11.6. The Morgan fingerprint density at radius 2 is 2.00 bits per heavy atom. The summed E-state index contributed by atoms with van der Waals surface area (Å²) >= 11 is 0. The van der Waals surface area contributed by atoms with Crippen LogP contribution >= 0.6 is 0 Å². The molecular formula is C5H11F2N. The van der Waals surface area contributed by atoms with E-state index < -0.39 is 12.3 Å². The normalized spacial score (nSPS) is 14.6. The standard InChI is InChI=1S/C5H11F2N/c1-4(3-8-2)5(6)7/h4-5,8H,3H2,1-2H3/t4-/m1/s1. The molecular weight excluding hydrogens is 112 g/mol. The molecule has 50 valence electrons. The highest BCUT2D eigenvalue weighted by Crippen LogP contribution is 2.05. The van der Waals surface area contributed by atoms with Crippen molar-refractivity contribution in [1.29, 1.82) is 0 Å². The van der Waals surface area contributed by atoms with Gasteiger partial charge in [0, 0.05) is 12.5 Å². The molecule has 1 nitrogen and oxygen atoms in total. The molecule has 0 aromatic heterocycles. The van der Waals surface area contributed by atoms with Gasteiger partial charge in [0.1, 0.15) is 0 Å². The third kappa shape index (κ3) is 2.91. The van der Waals surface area contributed by atoms with Crippen molar-refractivity contribution < 1.29 is 8.78 Å². The molecule has 0 aliphatic rings. The second-order valence-corrected chi connectivity index (χ2v) is 1.87. The third-order valence-electron chi connectivity index (χ3n) is 0.956. The molecule has 0 spiro atoms. The first-order valence-electron chi connectivity index (χ1n) is 2.61. The van der Waals surface area contributed by atoms with Crippen molar-refractivity contribution >= 4 is 0 Å². The van der Waals surface area contributed by atoms with Crippen LogP contribution in [0.15, 0.2) is 0 Å². The Kier molecular flexibility index (Phi) is 3.69. The SMILES string of the molecule is CNC[C@@H](C)C(F)F. The van der Waals surface area contributed by atoms with Gasteiger partial charge < -0.3 is 5.32 Å². The number of nitrogens with one attached hydrogen (secondary N) is 1. The molecule has 0 fully saturated rings. The van der Waals surface area contributed by atoms with Crippen molar-refractivity contribution in [2.24, 2.45) is 5.92 Å². The summed E-state index contributed by atoms with van der Waals surface area (Å²) < 4.78 is 23.2. The zero-order chi connectivity index (χ0) is 6.57. The predicted octanol–water partition coefficient (Wildman–Crippen LogP) is 1.11. The smallest absolute Gasteiger partial charge is 0.242 e. The van der Waals surface area contributed by atoms with Crippen molar-refractivity contribution in [3.8, 4) is 0 Å². The number of alkyl halides is 2. The first kappa shape index (κ1) is 7.82. The highest BCUT2D eigenvalue weighted by molar-refractivity contribution is 4.55. The van der Waals surface area contributed by atoms with Gasteiger partial charge >= 0.3 is 0 Å². The monoisotopic (exact) mass is 123 g/mol. The summed E-state index contributed by atoms with van der Waals surface area (Å²) in [6, 6.07) is 0. The molecule has 0 unspecified atom stereocenters. The molecule has 8 heavy (non-hydrogen) atoms. The van der Waals surface area contributed by atoms with Crippen LogP contribution in [0.2, 0.25) is 0 Å². The summed E-state index contributed by atoms with van der Waals surface area (Å²) in [6.07, 6.45) is -2.19. The summed E-state index contributed by atoms with van der Waals surface area (Å²) in [6.45, 7) is 1.90. The van der Waals surface area contributed by atoms with Gasteiger partial charge in [0.2, 0.25) is 6.43 Å². The molecule has 0 amide bonds. The van der Waals surface area contributed by atoms with Crippen molar-refractivity contribution in [1.82, 2.24) is 5.32 Å². The van der Waals surface area contributed by atoms with Crippen LogP contribution < -0.4 is 5.32 Å². The van der Waals surface area contributed by atoms with Crippen LogP contribution in [0.4, 0.5) is 8.78 Å². The van der Waals surface area contributed by atoms with E-state index in [4.69, 9.17) is 0 Å². The summed E-state index contributed by atoms with van der Waals surface area (Å²) in [4.78, 5) is 0. The molecule has 0 rings (SSSR count). The van der Waals surface area contributed by atoms with Gasteiger partial charge in [0.25, 0.3) is 0 Å². The molecule has 0 radical (unpaired) electrons. The van der Waals surface area contributed by atoms with Crippen molar-refractivity contribution in [3.05, 3.63) is 0 Å². The fraction of sp³-hybridized carbons (Fsp3) is 1.00. The summed E-state index contributed by atoms with van der Waals surface area (Å²) in [5.41, 5.74) is 0. The summed E-state index contributed by atoms with van der Waals surface area (Å²) in [5, 5.41) is 2.67. The minimum absolute atomic E-state index is 0.387. The molecule has 0 heterocycles. The Balaban J connectivity index is 3.17. The number of halogens is 2. The molecule has 0 aromatic rings. The fourth-order valence-electron chi connectivity index (χ4n) is 0.411. The quantitative estimate of drug-likeness (QED) is 0.592. The van der Waals surface area contributed by atoms with Crippen LogP contribution in [0.1, 0.15) is 6.92 Å². The zero-order valence-corrected chi connectivity index (χ0v) is 5.12. The van der Waals surface area contributed by atoms with Crippen molar-refractivity contribution in [2.75, 3.05) is 13.6 Å². The number of hydrogen-bond acceptors (Lipinski definition) is 1. The van der Waals surface area contributed by atoms with E-state index in [1.165, 1.54) is 6.92 Å². The lowest BCUT2D eigenvalue weighted by Gasteiger charge is -2.06. The molecule has 0 bridgehead atoms. The Bertz CT molecular complexity index is 56.4. The Hall–Kier alpha value is -0.180. The predicted molar refractivity (Wildman–Crippen MR) is 29.1 cm³/mol. The van der Waals surface area contributed by atoms with E-state index >= 15 is 0 Å². The van der Waals surface area contributed by atoms with Crippen LogP contribution in [0.3, 0.4) is 0 Å². The van der Waals surface area contributed by atoms with Crippen LogP contribution in [0, 0.1) is 5.92 Å². The molecule has 3 heteroatoms. The van der Waals surface area contributed by atoms with Gasteiger partial charge in [-0.05, 0) is 7.05 Å². The Morgan fingerprint density at radius 1 is 1.50 bits per heavy atom. The van der Waals surface area contributed by atoms with Gasteiger partial charge in [-0.25, -0.2) is 8.78 Å². The summed E-state index contributed by atoms with van der Waals surface area (Å²) in [5.74, 6) is -0.528. The minimum Gasteiger partial charge on any atom is -0.319 e. The molecule has 0 aliphatic carbocycles. The first-order valence-corrected chi connectivity index (χ1v) is 2.61. The number of hydrogen-bond donors (Lipinski definition) is 1. The molecule has 0 aliphatic heterocycles. The Labute approximate surface area is 48.1 Å². The topological polar surface area (TPSA) is 12.0 Å². The largest absolute Gasteiger partial charge is 0.319 e. The van der Waals surface area contributed by atoms with Gasteiger partial charge in [-0.1, -0.05) is 6.92 Å². The highest BCUT2D eigenvalue weighted by Gasteiger charge is 2.11. The lowest BCUT2D eigenvalue weighted by molar-refractivity contribution is 0.0871. The van der Waals surface area contributed by atoms with Crippen LogP contribution in [-0.4, -0.2) is 20.0 Å². The van der Waals surface area contributed by atoms with Crippen LogP contribution in [0.5, 0.6) is 0 Å². The van der Waals surface area contributed by atoms with Crippen LogP contribution in [0.25, 0.3) is 0 Å². The average molecular weight is 123 g/mol. The molecule has 0 aromatic carbocycles. The first-order chi connectivity index (χ1) is 3.68. The van der Waals surface area contributed by atoms with E-state index in [0.29, 0.717) is 6.54 Å². The maximum Gasteiger partial charge on any atom is 0.242 e. The molecule has 1 N–H and O–H groups in total. The van der Waals surface area contributed by atoms with Crippen molar-refractivity contribution in [2.45, 2.75) is 13.3 Å². The Morgan fingerprint density at radius 3 is 2.12 bits per heavy atom. The maximum atomic E-state index is 11.6. The second-order valence-electron chi connectivity index (χ2n) is 1.87. The molecule has 0 saturated carbocycles. The van der Waals surface area contributed by atoms with Gasteiger partial charge in [0.05, 0.1) is 0 Å². The number of rotatable bonds is 3. The minimum atomic E-state index is -2.19. The molecule has 0 saturated heterocycles. The lowest BCUT2D eigenvalue weighted by atomic mass is 10.2.